The number of aliphatic hydroxyl groups excluding tert-OH is 2. The molecule has 0 bridgehead atoms. The Kier molecular flexibility index (Phi) is 26.8. The van der Waals surface area contributed by atoms with Crippen LogP contribution in [-0.2, 0) is 30.8 Å². The van der Waals surface area contributed by atoms with Crippen LogP contribution in [-0.4, -0.2) is 91.9 Å². The molecule has 0 fully saturated rings. The minimum absolute atomic E-state index is 0. The van der Waals surface area contributed by atoms with E-state index in [9.17, 15) is 19.8 Å². The standard InChI is InChI=1S/C12H28O5Si3.C8H24O4Si3.4CH4/c1-11(13)9-18(3,4)16-20(7,8)17-19(5,6)10-12(14)15-2;1-13(2,7-9)11-15(5,6)12-14(3,4)8-10;;;;/h9-10H2,1-8H3;9-10H,7-8H2,1-6H3;4*1H4. The molecule has 0 saturated carbocycles. The number of hydrogen-bond acceptors (Lipinski definition) is 9. The summed E-state index contributed by atoms with van der Waals surface area (Å²) in [6.45, 7) is 25.4. The lowest BCUT2D eigenvalue weighted by atomic mass is 10.5. The molecule has 0 unspecified atom stereocenters. The van der Waals surface area contributed by atoms with Gasteiger partial charge in [-0.25, -0.2) is 0 Å². The Morgan fingerprint density at radius 3 is 1.03 bits per heavy atom. The van der Waals surface area contributed by atoms with E-state index in [1.165, 1.54) is 7.11 Å². The van der Waals surface area contributed by atoms with Gasteiger partial charge in [-0.15, -0.1) is 0 Å². The fraction of sp³-hybridized carbons (Fsp3) is 0.917. The molecule has 0 saturated heterocycles. The van der Waals surface area contributed by atoms with Gasteiger partial charge in [-0.1, -0.05) is 29.7 Å². The zero-order valence-corrected chi connectivity index (χ0v) is 30.6. The monoisotopic (exact) mass is 668 g/mol. The van der Waals surface area contributed by atoms with Crippen molar-refractivity contribution in [2.45, 2.75) is 127 Å². The van der Waals surface area contributed by atoms with E-state index >= 15 is 0 Å². The van der Waals surface area contributed by atoms with Gasteiger partial charge >= 0.3 is 23.1 Å². The molecule has 0 aliphatic rings. The molecule has 0 aromatic carbocycles. The first-order chi connectivity index (χ1) is 15.3. The highest BCUT2D eigenvalue weighted by Crippen LogP contribution is 2.25. The maximum Gasteiger partial charge on any atom is 0.311 e. The van der Waals surface area contributed by atoms with E-state index in [4.69, 9.17) is 21.2 Å². The van der Waals surface area contributed by atoms with Crippen LogP contribution in [0.5, 0.6) is 0 Å². The highest BCUT2D eigenvalue weighted by Gasteiger charge is 2.41. The van der Waals surface area contributed by atoms with Gasteiger partial charge in [0, 0.05) is 6.04 Å². The molecule has 242 valence electrons. The average Bonchev–Trinajstić information content (AvgIpc) is 2.56. The second-order valence-electron chi connectivity index (χ2n) is 12.2. The second-order valence-corrected chi connectivity index (χ2v) is 36.5. The predicted molar refractivity (Wildman–Crippen MR) is 183 cm³/mol. The molecule has 0 spiro atoms. The van der Waals surface area contributed by atoms with Crippen LogP contribution in [0.25, 0.3) is 0 Å². The fourth-order valence-corrected chi connectivity index (χ4v) is 29.4. The van der Waals surface area contributed by atoms with Gasteiger partial charge in [-0.05, 0) is 85.5 Å². The number of aliphatic hydroxyl groups is 2. The Bertz CT molecular complexity index is 665. The lowest BCUT2D eigenvalue weighted by molar-refractivity contribution is -0.138. The van der Waals surface area contributed by atoms with Crippen LogP contribution in [0.4, 0.5) is 0 Å². The quantitative estimate of drug-likeness (QED) is 0.155. The van der Waals surface area contributed by atoms with Gasteiger partial charge in [0.1, 0.15) is 5.78 Å². The van der Waals surface area contributed by atoms with Crippen LogP contribution >= 0.6 is 0 Å². The predicted octanol–water partition coefficient (Wildman–Crippen LogP) is 6.63. The first kappa shape index (κ1) is 51.9. The smallest absolute Gasteiger partial charge is 0.311 e. The van der Waals surface area contributed by atoms with Crippen LogP contribution in [0.15, 0.2) is 0 Å². The molecule has 2 N–H and O–H groups in total. The van der Waals surface area contributed by atoms with Crippen molar-refractivity contribution in [2.24, 2.45) is 0 Å². The van der Waals surface area contributed by atoms with E-state index in [2.05, 4.69) is 0 Å². The molecule has 9 nitrogen and oxygen atoms in total. The summed E-state index contributed by atoms with van der Waals surface area (Å²) in [6, 6.07) is 0.809. The molecule has 0 heterocycles. The van der Waals surface area contributed by atoms with E-state index in [-0.39, 0.29) is 53.9 Å². The molecule has 0 aromatic rings. The Labute approximate surface area is 249 Å². The van der Waals surface area contributed by atoms with Gasteiger partial charge < -0.3 is 36.2 Å². The highest BCUT2D eigenvalue weighted by atomic mass is 28.5. The third-order valence-electron chi connectivity index (χ3n) is 4.32. The zero-order chi connectivity index (χ0) is 28.5. The summed E-state index contributed by atoms with van der Waals surface area (Å²) in [7, 11) is -11.4. The molecular weight excluding hydrogens is 601 g/mol. The summed E-state index contributed by atoms with van der Waals surface area (Å²) in [6.07, 6.45) is 0.210. The van der Waals surface area contributed by atoms with Gasteiger partial charge in [-0.2, -0.15) is 0 Å². The minimum Gasteiger partial charge on any atom is -0.469 e. The summed E-state index contributed by atoms with van der Waals surface area (Å²) >= 11 is 0. The third kappa shape index (κ3) is 28.1. The first-order valence-corrected chi connectivity index (χ1v) is 30.0. The van der Waals surface area contributed by atoms with Crippen LogP contribution in [0.2, 0.25) is 90.7 Å². The Hall–Kier alpha value is 0.201. The summed E-state index contributed by atoms with van der Waals surface area (Å²) in [5.74, 6) is -0.0933. The largest absolute Gasteiger partial charge is 0.469 e. The Morgan fingerprint density at radius 1 is 0.538 bits per heavy atom. The molecule has 0 rings (SSSR count). The number of carbonyl (C=O) groups is 2. The topological polar surface area (TPSA) is 121 Å². The highest BCUT2D eigenvalue weighted by molar-refractivity contribution is 6.89. The molecule has 0 aliphatic carbocycles. The van der Waals surface area contributed by atoms with Crippen molar-refractivity contribution >= 4 is 62.1 Å². The van der Waals surface area contributed by atoms with Crippen molar-refractivity contribution < 1.29 is 41.0 Å². The number of methoxy groups -OCH3 is 1. The first-order valence-electron chi connectivity index (χ1n) is 11.9. The van der Waals surface area contributed by atoms with Crippen LogP contribution in [0.3, 0.4) is 0 Å². The summed E-state index contributed by atoms with van der Waals surface area (Å²) in [5.41, 5.74) is 0. The van der Waals surface area contributed by atoms with Gasteiger partial charge in [0.15, 0.2) is 16.6 Å². The van der Waals surface area contributed by atoms with E-state index in [1.54, 1.807) is 6.92 Å². The molecular formula is C24H68O9Si6. The number of hydrogen-bond donors (Lipinski definition) is 2. The van der Waals surface area contributed by atoms with Crippen LogP contribution in [0, 0.1) is 0 Å². The molecule has 0 amide bonds. The number of esters is 1. The fourth-order valence-electron chi connectivity index (χ4n) is 3.86. The van der Waals surface area contributed by atoms with Crippen molar-refractivity contribution in [1.29, 1.82) is 0 Å². The van der Waals surface area contributed by atoms with Gasteiger partial charge in [0.05, 0.1) is 25.6 Å². The van der Waals surface area contributed by atoms with Gasteiger partial charge in [-0.3, -0.25) is 4.79 Å². The van der Waals surface area contributed by atoms with E-state index in [0.29, 0.717) is 12.1 Å². The number of ketones is 1. The minimum atomic E-state index is -2.36. The third-order valence-corrected chi connectivity index (χ3v) is 25.0. The molecule has 0 aliphatic heterocycles. The van der Waals surface area contributed by atoms with Gasteiger partial charge in [0.25, 0.3) is 0 Å². The summed E-state index contributed by atoms with van der Waals surface area (Å²) in [4.78, 5) is 22.7. The average molecular weight is 669 g/mol. The number of rotatable bonds is 14. The van der Waals surface area contributed by atoms with Crippen molar-refractivity contribution in [1.82, 2.24) is 0 Å². The van der Waals surface area contributed by atoms with E-state index < -0.39 is 50.4 Å². The van der Waals surface area contributed by atoms with Crippen LogP contribution < -0.4 is 0 Å². The normalized spacial score (nSPS) is 12.3. The second kappa shape index (κ2) is 20.2. The SMILES string of the molecule is C.C.C.C.COC(=O)C[Si](C)(C)O[Si](C)(C)O[Si](C)(C)CC(C)=O.C[Si](C)(CO)O[Si](C)(C)O[Si](C)(C)CO. The molecule has 15 heteroatoms. The van der Waals surface area contributed by atoms with Crippen molar-refractivity contribution in [3.63, 3.8) is 0 Å². The molecule has 0 aromatic heterocycles. The van der Waals surface area contributed by atoms with Crippen molar-refractivity contribution in [2.75, 3.05) is 19.6 Å². The number of ether oxygens (including phenoxy) is 1. The van der Waals surface area contributed by atoms with Crippen molar-refractivity contribution in [3.8, 4) is 0 Å². The van der Waals surface area contributed by atoms with Crippen molar-refractivity contribution in [3.05, 3.63) is 0 Å². The molecule has 39 heavy (non-hydrogen) atoms. The van der Waals surface area contributed by atoms with E-state index in [1.807, 2.05) is 78.6 Å². The zero-order valence-electron chi connectivity index (χ0n) is 24.6. The summed E-state index contributed by atoms with van der Waals surface area (Å²) < 4.78 is 29.0. The maximum atomic E-state index is 11.4. The Balaban J connectivity index is -0.000000131. The Morgan fingerprint density at radius 2 is 0.795 bits per heavy atom. The lowest BCUT2D eigenvalue weighted by Crippen LogP contribution is -2.55. The molecule has 0 atom stereocenters. The summed E-state index contributed by atoms with van der Waals surface area (Å²) in [5, 5.41) is 18.4. The van der Waals surface area contributed by atoms with Gasteiger partial charge in [0.2, 0.25) is 16.6 Å². The van der Waals surface area contributed by atoms with E-state index in [0.717, 1.165) is 0 Å². The number of Topliss-reactive ketones (excluding diaryl/α,β-unsaturated/α-hetero) is 1. The number of carbonyl (C=O) groups excluding carboxylic acids is 2. The molecule has 0 radical (unpaired) electrons. The maximum absolute atomic E-state index is 11.4. The van der Waals surface area contributed by atoms with Crippen LogP contribution in [0.1, 0.15) is 36.6 Å². The lowest BCUT2D eigenvalue weighted by Gasteiger charge is -2.38.